The molecule has 0 aliphatic heterocycles. The van der Waals surface area contributed by atoms with Crippen molar-refractivity contribution < 1.29 is 19.4 Å². The average Bonchev–Trinajstić information content (AvgIpc) is 1.96. The van der Waals surface area contributed by atoms with Crippen LogP contribution in [0.2, 0.25) is 0 Å². The standard InChI is InChI=1S/C7H11NO4/c1-12-7(11)8-5-3-2-4(5)6(9)10/h4-5H,2-3H2,1H3,(H,8,11)(H,9,10)/t4-,5+/m0/s1. The van der Waals surface area contributed by atoms with Gasteiger partial charge in [0.1, 0.15) is 0 Å². The molecule has 12 heavy (non-hydrogen) atoms. The molecule has 1 aliphatic rings. The fourth-order valence-electron chi connectivity index (χ4n) is 1.18. The van der Waals surface area contributed by atoms with Crippen molar-refractivity contribution >= 4 is 12.1 Å². The highest BCUT2D eigenvalue weighted by molar-refractivity contribution is 5.74. The number of rotatable bonds is 2. The summed E-state index contributed by atoms with van der Waals surface area (Å²) in [5.74, 6) is -1.30. The van der Waals surface area contributed by atoms with Gasteiger partial charge in [0.05, 0.1) is 13.0 Å². The average molecular weight is 173 g/mol. The van der Waals surface area contributed by atoms with Crippen LogP contribution in [-0.2, 0) is 9.53 Å². The summed E-state index contributed by atoms with van der Waals surface area (Å²) in [4.78, 5) is 21.1. The molecule has 0 spiro atoms. The van der Waals surface area contributed by atoms with Crippen LogP contribution < -0.4 is 5.32 Å². The summed E-state index contributed by atoms with van der Waals surface area (Å²) < 4.78 is 4.34. The van der Waals surface area contributed by atoms with Gasteiger partial charge in [-0.05, 0) is 12.8 Å². The second-order valence-electron chi connectivity index (χ2n) is 2.76. The molecule has 5 heteroatoms. The molecule has 0 unspecified atom stereocenters. The Labute approximate surface area is 69.7 Å². The Hall–Kier alpha value is -1.26. The van der Waals surface area contributed by atoms with Crippen molar-refractivity contribution in [3.8, 4) is 0 Å². The topological polar surface area (TPSA) is 75.6 Å². The third kappa shape index (κ3) is 1.66. The normalized spacial score (nSPS) is 27.1. The molecule has 2 atom stereocenters. The van der Waals surface area contributed by atoms with E-state index in [1.165, 1.54) is 7.11 Å². The molecule has 0 aromatic carbocycles. The number of carboxylic acid groups (broad SMARTS) is 1. The van der Waals surface area contributed by atoms with Crippen molar-refractivity contribution in [3.63, 3.8) is 0 Å². The molecular weight excluding hydrogens is 162 g/mol. The first-order valence-corrected chi connectivity index (χ1v) is 3.72. The molecule has 1 amide bonds. The van der Waals surface area contributed by atoms with Crippen LogP contribution >= 0.6 is 0 Å². The molecule has 0 aromatic heterocycles. The van der Waals surface area contributed by atoms with Gasteiger partial charge in [0.15, 0.2) is 0 Å². The summed E-state index contributed by atoms with van der Waals surface area (Å²) in [7, 11) is 1.25. The van der Waals surface area contributed by atoms with Crippen molar-refractivity contribution in [2.45, 2.75) is 18.9 Å². The van der Waals surface area contributed by atoms with Crippen LogP contribution in [0.1, 0.15) is 12.8 Å². The maximum atomic E-state index is 10.7. The van der Waals surface area contributed by atoms with Gasteiger partial charge in [-0.1, -0.05) is 0 Å². The van der Waals surface area contributed by atoms with E-state index in [1.54, 1.807) is 0 Å². The molecule has 0 saturated heterocycles. The molecule has 1 fully saturated rings. The number of carbonyl (C=O) groups excluding carboxylic acids is 1. The Morgan fingerprint density at radius 2 is 2.17 bits per heavy atom. The molecule has 0 aromatic rings. The van der Waals surface area contributed by atoms with Gasteiger partial charge in [-0.25, -0.2) is 4.79 Å². The largest absolute Gasteiger partial charge is 0.481 e. The van der Waals surface area contributed by atoms with Gasteiger partial charge < -0.3 is 15.2 Å². The fourth-order valence-corrected chi connectivity index (χ4v) is 1.18. The Balaban J connectivity index is 2.34. The van der Waals surface area contributed by atoms with E-state index in [-0.39, 0.29) is 6.04 Å². The summed E-state index contributed by atoms with van der Waals surface area (Å²) in [6.45, 7) is 0. The zero-order valence-electron chi connectivity index (χ0n) is 6.74. The number of carbonyl (C=O) groups is 2. The van der Waals surface area contributed by atoms with Crippen molar-refractivity contribution in [2.24, 2.45) is 5.92 Å². The summed E-state index contributed by atoms with van der Waals surface area (Å²) in [6.07, 6.45) is 0.779. The van der Waals surface area contributed by atoms with Crippen molar-refractivity contribution in [2.75, 3.05) is 7.11 Å². The van der Waals surface area contributed by atoms with Gasteiger partial charge in [-0.15, -0.1) is 0 Å². The molecular formula is C7H11NO4. The second kappa shape index (κ2) is 3.42. The third-order valence-corrected chi connectivity index (χ3v) is 2.08. The lowest BCUT2D eigenvalue weighted by molar-refractivity contribution is -0.145. The van der Waals surface area contributed by atoms with E-state index in [0.717, 1.165) is 0 Å². The van der Waals surface area contributed by atoms with Crippen LogP contribution in [0.5, 0.6) is 0 Å². The lowest BCUT2D eigenvalue weighted by Gasteiger charge is -2.33. The Morgan fingerprint density at radius 3 is 2.50 bits per heavy atom. The van der Waals surface area contributed by atoms with Gasteiger partial charge in [0, 0.05) is 6.04 Å². The minimum absolute atomic E-state index is 0.255. The van der Waals surface area contributed by atoms with E-state index in [0.29, 0.717) is 12.8 Å². The molecule has 1 aliphatic carbocycles. The fraction of sp³-hybridized carbons (Fsp3) is 0.714. The van der Waals surface area contributed by atoms with Crippen LogP contribution in [0.25, 0.3) is 0 Å². The molecule has 0 radical (unpaired) electrons. The van der Waals surface area contributed by atoms with Crippen LogP contribution in [0.3, 0.4) is 0 Å². The number of hydrogen-bond acceptors (Lipinski definition) is 3. The van der Waals surface area contributed by atoms with E-state index < -0.39 is 18.0 Å². The Morgan fingerprint density at radius 1 is 1.50 bits per heavy atom. The second-order valence-corrected chi connectivity index (χ2v) is 2.76. The minimum atomic E-state index is -0.859. The summed E-state index contributed by atoms with van der Waals surface area (Å²) >= 11 is 0. The number of alkyl carbamates (subject to hydrolysis) is 1. The number of carboxylic acids is 1. The zero-order valence-corrected chi connectivity index (χ0v) is 6.74. The number of hydrogen-bond donors (Lipinski definition) is 2. The monoisotopic (exact) mass is 173 g/mol. The maximum Gasteiger partial charge on any atom is 0.407 e. The Bertz CT molecular complexity index is 204. The van der Waals surface area contributed by atoms with E-state index in [2.05, 4.69) is 10.1 Å². The van der Waals surface area contributed by atoms with E-state index in [4.69, 9.17) is 5.11 Å². The first kappa shape index (κ1) is 8.83. The minimum Gasteiger partial charge on any atom is -0.481 e. The molecule has 0 heterocycles. The highest BCUT2D eigenvalue weighted by Gasteiger charge is 2.37. The maximum absolute atomic E-state index is 10.7. The summed E-state index contributed by atoms with van der Waals surface area (Å²) in [5.41, 5.74) is 0. The lowest BCUT2D eigenvalue weighted by atomic mass is 9.80. The third-order valence-electron chi connectivity index (χ3n) is 2.08. The van der Waals surface area contributed by atoms with Gasteiger partial charge in [-0.2, -0.15) is 0 Å². The van der Waals surface area contributed by atoms with E-state index >= 15 is 0 Å². The lowest BCUT2D eigenvalue weighted by Crippen LogP contribution is -2.49. The van der Waals surface area contributed by atoms with Crippen LogP contribution in [0.15, 0.2) is 0 Å². The molecule has 68 valence electrons. The van der Waals surface area contributed by atoms with Gasteiger partial charge in [0.25, 0.3) is 0 Å². The molecule has 5 nitrogen and oxygen atoms in total. The molecule has 2 N–H and O–H groups in total. The first-order chi connectivity index (χ1) is 5.65. The predicted octanol–water partition coefficient (Wildman–Crippen LogP) is 0.206. The number of amides is 1. The smallest absolute Gasteiger partial charge is 0.407 e. The SMILES string of the molecule is COC(=O)N[C@@H]1CC[C@@H]1C(=O)O. The molecule has 1 saturated carbocycles. The van der Waals surface area contributed by atoms with E-state index in [9.17, 15) is 9.59 Å². The highest BCUT2D eigenvalue weighted by Crippen LogP contribution is 2.27. The van der Waals surface area contributed by atoms with Crippen LogP contribution in [0, 0.1) is 5.92 Å². The molecule has 0 bridgehead atoms. The van der Waals surface area contributed by atoms with Crippen LogP contribution in [-0.4, -0.2) is 30.3 Å². The van der Waals surface area contributed by atoms with Crippen molar-refractivity contribution in [1.29, 1.82) is 0 Å². The van der Waals surface area contributed by atoms with Crippen molar-refractivity contribution in [3.05, 3.63) is 0 Å². The first-order valence-electron chi connectivity index (χ1n) is 3.72. The van der Waals surface area contributed by atoms with Gasteiger partial charge in [0.2, 0.25) is 0 Å². The Kier molecular flexibility index (Phi) is 2.52. The highest BCUT2D eigenvalue weighted by atomic mass is 16.5. The zero-order chi connectivity index (χ0) is 9.14. The quantitative estimate of drug-likeness (QED) is 0.625. The van der Waals surface area contributed by atoms with E-state index in [1.807, 2.05) is 0 Å². The van der Waals surface area contributed by atoms with Gasteiger partial charge in [-0.3, -0.25) is 4.79 Å². The van der Waals surface area contributed by atoms with Gasteiger partial charge >= 0.3 is 12.1 Å². The summed E-state index contributed by atoms with van der Waals surface area (Å²) in [6, 6.07) is -0.255. The van der Waals surface area contributed by atoms with Crippen molar-refractivity contribution in [1.82, 2.24) is 5.32 Å². The number of methoxy groups -OCH3 is 1. The van der Waals surface area contributed by atoms with Crippen LogP contribution in [0.4, 0.5) is 4.79 Å². The summed E-state index contributed by atoms with van der Waals surface area (Å²) in [5, 5.41) is 11.1. The number of nitrogens with one attached hydrogen (secondary N) is 1. The number of ether oxygens (including phenoxy) is 1. The molecule has 1 rings (SSSR count). The number of aliphatic carboxylic acids is 1. The predicted molar refractivity (Wildman–Crippen MR) is 39.7 cm³/mol.